The topological polar surface area (TPSA) is 26.0 Å². The van der Waals surface area contributed by atoms with Crippen LogP contribution in [-0.2, 0) is 0 Å². The van der Waals surface area contributed by atoms with Crippen LogP contribution in [0.25, 0.3) is 0 Å². The van der Waals surface area contributed by atoms with Crippen LogP contribution in [-0.4, -0.2) is 11.3 Å². The summed E-state index contributed by atoms with van der Waals surface area (Å²) in [5.74, 6) is 0. The van der Waals surface area contributed by atoms with Crippen LogP contribution < -0.4 is 5.73 Å². The summed E-state index contributed by atoms with van der Waals surface area (Å²) in [5.41, 5.74) is 7.33. The number of nitrogens with two attached hydrogens (primary N) is 1. The molecular formula is C14H20ClNS. The Bertz CT molecular complexity index is 361. The molecule has 1 fully saturated rings. The van der Waals surface area contributed by atoms with Crippen LogP contribution in [0.5, 0.6) is 0 Å². The van der Waals surface area contributed by atoms with Crippen molar-refractivity contribution in [3.63, 3.8) is 0 Å². The van der Waals surface area contributed by atoms with Gasteiger partial charge in [0, 0.05) is 21.6 Å². The van der Waals surface area contributed by atoms with Crippen molar-refractivity contribution in [2.24, 2.45) is 5.73 Å². The standard InChI is InChI=1S/C14H20ClNS/c1-10(16)14(17-11-6-2-3-7-11)12-8-4-5-9-13(12)15/h4-5,8-11,14H,2-3,6-7,16H2,1H3. The summed E-state index contributed by atoms with van der Waals surface area (Å²) in [6, 6.07) is 8.23. The molecule has 3 heteroatoms. The van der Waals surface area contributed by atoms with E-state index < -0.39 is 0 Å². The number of hydrogen-bond acceptors (Lipinski definition) is 2. The van der Waals surface area contributed by atoms with E-state index in [4.69, 9.17) is 17.3 Å². The molecule has 1 nitrogen and oxygen atoms in total. The van der Waals surface area contributed by atoms with Crippen molar-refractivity contribution >= 4 is 23.4 Å². The molecular weight excluding hydrogens is 250 g/mol. The van der Waals surface area contributed by atoms with Crippen molar-refractivity contribution in [2.45, 2.75) is 49.1 Å². The molecule has 2 atom stereocenters. The van der Waals surface area contributed by atoms with Crippen molar-refractivity contribution in [1.82, 2.24) is 0 Å². The minimum atomic E-state index is 0.139. The van der Waals surface area contributed by atoms with E-state index in [0.717, 1.165) is 10.3 Å². The second kappa shape index (κ2) is 6.12. The zero-order valence-electron chi connectivity index (χ0n) is 10.2. The van der Waals surface area contributed by atoms with Gasteiger partial charge in [-0.1, -0.05) is 42.6 Å². The molecule has 0 aliphatic heterocycles. The zero-order valence-corrected chi connectivity index (χ0v) is 11.8. The summed E-state index contributed by atoms with van der Waals surface area (Å²) in [4.78, 5) is 0. The van der Waals surface area contributed by atoms with E-state index in [1.807, 2.05) is 30.0 Å². The fourth-order valence-electron chi connectivity index (χ4n) is 2.42. The lowest BCUT2D eigenvalue weighted by Gasteiger charge is -2.25. The van der Waals surface area contributed by atoms with Crippen LogP contribution in [0.3, 0.4) is 0 Å². The van der Waals surface area contributed by atoms with Crippen molar-refractivity contribution in [3.8, 4) is 0 Å². The summed E-state index contributed by atoms with van der Waals surface area (Å²) in [6.07, 6.45) is 5.40. The molecule has 0 heterocycles. The molecule has 1 aliphatic rings. The molecule has 1 saturated carbocycles. The minimum absolute atomic E-state index is 0.139. The first kappa shape index (κ1) is 13.3. The van der Waals surface area contributed by atoms with E-state index in [-0.39, 0.29) is 6.04 Å². The highest BCUT2D eigenvalue weighted by Crippen LogP contribution is 2.42. The Morgan fingerprint density at radius 2 is 1.94 bits per heavy atom. The summed E-state index contributed by atoms with van der Waals surface area (Å²) in [7, 11) is 0. The smallest absolute Gasteiger partial charge is 0.0463 e. The second-order valence-corrected chi connectivity index (χ2v) is 6.70. The van der Waals surface area contributed by atoms with Crippen LogP contribution in [0.2, 0.25) is 5.02 Å². The van der Waals surface area contributed by atoms with Gasteiger partial charge in [-0.05, 0) is 31.4 Å². The molecule has 0 bridgehead atoms. The molecule has 0 radical (unpaired) electrons. The molecule has 2 unspecified atom stereocenters. The molecule has 0 spiro atoms. The lowest BCUT2D eigenvalue weighted by molar-refractivity contribution is 0.714. The Morgan fingerprint density at radius 1 is 1.29 bits per heavy atom. The van der Waals surface area contributed by atoms with Gasteiger partial charge in [-0.3, -0.25) is 0 Å². The van der Waals surface area contributed by atoms with Crippen LogP contribution in [0.15, 0.2) is 24.3 Å². The number of rotatable bonds is 4. The Hall–Kier alpha value is -0.180. The highest BCUT2D eigenvalue weighted by Gasteiger charge is 2.25. The maximum Gasteiger partial charge on any atom is 0.0463 e. The predicted octanol–water partition coefficient (Wildman–Crippen LogP) is 4.40. The average molecular weight is 270 g/mol. The fraction of sp³-hybridized carbons (Fsp3) is 0.571. The molecule has 0 aromatic heterocycles. The number of thioether (sulfide) groups is 1. The Balaban J connectivity index is 2.14. The van der Waals surface area contributed by atoms with Crippen molar-refractivity contribution in [1.29, 1.82) is 0 Å². The fourth-order valence-corrected chi connectivity index (χ4v) is 4.36. The van der Waals surface area contributed by atoms with Crippen LogP contribution >= 0.6 is 23.4 Å². The highest BCUT2D eigenvalue weighted by molar-refractivity contribution is 8.00. The van der Waals surface area contributed by atoms with Crippen LogP contribution in [0.4, 0.5) is 0 Å². The van der Waals surface area contributed by atoms with E-state index in [1.54, 1.807) is 0 Å². The van der Waals surface area contributed by atoms with Gasteiger partial charge in [-0.15, -0.1) is 11.8 Å². The summed E-state index contributed by atoms with van der Waals surface area (Å²) in [5, 5.41) is 1.94. The summed E-state index contributed by atoms with van der Waals surface area (Å²) < 4.78 is 0. The highest BCUT2D eigenvalue weighted by atomic mass is 35.5. The molecule has 2 N–H and O–H groups in total. The summed E-state index contributed by atoms with van der Waals surface area (Å²) in [6.45, 7) is 2.08. The third-order valence-electron chi connectivity index (χ3n) is 3.33. The third kappa shape index (κ3) is 3.40. The first-order valence-electron chi connectivity index (χ1n) is 6.34. The van der Waals surface area contributed by atoms with Gasteiger partial charge < -0.3 is 5.73 Å². The van der Waals surface area contributed by atoms with E-state index in [0.29, 0.717) is 5.25 Å². The van der Waals surface area contributed by atoms with Crippen molar-refractivity contribution in [2.75, 3.05) is 0 Å². The van der Waals surface area contributed by atoms with Gasteiger partial charge in [0.05, 0.1) is 0 Å². The SMILES string of the molecule is CC(N)C(SC1CCCC1)c1ccccc1Cl. The first-order chi connectivity index (χ1) is 8.18. The Morgan fingerprint density at radius 3 is 2.53 bits per heavy atom. The Kier molecular flexibility index (Phi) is 4.78. The van der Waals surface area contributed by atoms with Gasteiger partial charge in [0.2, 0.25) is 0 Å². The maximum absolute atomic E-state index is 6.28. The molecule has 1 aliphatic carbocycles. The molecule has 1 aromatic carbocycles. The Labute approximate surface area is 113 Å². The third-order valence-corrected chi connectivity index (χ3v) is 5.51. The van der Waals surface area contributed by atoms with Crippen LogP contribution in [0, 0.1) is 0 Å². The maximum atomic E-state index is 6.28. The normalized spacial score (nSPS) is 20.4. The predicted molar refractivity (Wildman–Crippen MR) is 77.7 cm³/mol. The molecule has 17 heavy (non-hydrogen) atoms. The number of hydrogen-bond donors (Lipinski definition) is 1. The van der Waals surface area contributed by atoms with Gasteiger partial charge in [-0.2, -0.15) is 0 Å². The second-order valence-electron chi connectivity index (χ2n) is 4.84. The average Bonchev–Trinajstić information content (AvgIpc) is 2.79. The molecule has 1 aromatic rings. The van der Waals surface area contributed by atoms with Gasteiger partial charge in [-0.25, -0.2) is 0 Å². The monoisotopic (exact) mass is 269 g/mol. The largest absolute Gasteiger partial charge is 0.327 e. The van der Waals surface area contributed by atoms with E-state index >= 15 is 0 Å². The van der Waals surface area contributed by atoms with Crippen LogP contribution in [0.1, 0.15) is 43.4 Å². The van der Waals surface area contributed by atoms with Gasteiger partial charge >= 0.3 is 0 Å². The van der Waals surface area contributed by atoms with E-state index in [2.05, 4.69) is 13.0 Å². The number of halogens is 1. The minimum Gasteiger partial charge on any atom is -0.327 e. The van der Waals surface area contributed by atoms with E-state index in [1.165, 1.54) is 31.2 Å². The lowest BCUT2D eigenvalue weighted by atomic mass is 10.1. The van der Waals surface area contributed by atoms with Gasteiger partial charge in [0.1, 0.15) is 0 Å². The van der Waals surface area contributed by atoms with Crippen molar-refractivity contribution < 1.29 is 0 Å². The molecule has 0 amide bonds. The lowest BCUT2D eigenvalue weighted by Crippen LogP contribution is -2.24. The summed E-state index contributed by atoms with van der Waals surface area (Å²) >= 11 is 8.30. The number of benzene rings is 1. The van der Waals surface area contributed by atoms with Gasteiger partial charge in [0.15, 0.2) is 0 Å². The van der Waals surface area contributed by atoms with Gasteiger partial charge in [0.25, 0.3) is 0 Å². The molecule has 94 valence electrons. The van der Waals surface area contributed by atoms with E-state index in [9.17, 15) is 0 Å². The zero-order chi connectivity index (χ0) is 12.3. The van der Waals surface area contributed by atoms with Crippen molar-refractivity contribution in [3.05, 3.63) is 34.9 Å². The quantitative estimate of drug-likeness (QED) is 0.877. The molecule has 2 rings (SSSR count). The molecule has 0 saturated heterocycles. The first-order valence-corrected chi connectivity index (χ1v) is 7.66.